The normalized spacial score (nSPS) is 25.9. The summed E-state index contributed by atoms with van der Waals surface area (Å²) in [6.07, 6.45) is 5.39. The van der Waals surface area contributed by atoms with E-state index in [1.54, 1.807) is 11.8 Å². The molecule has 1 aromatic heterocycles. The Hall–Kier alpha value is -2.09. The van der Waals surface area contributed by atoms with Gasteiger partial charge in [0.1, 0.15) is 5.03 Å². The first-order chi connectivity index (χ1) is 14.2. The lowest BCUT2D eigenvalue weighted by Crippen LogP contribution is -2.42. The van der Waals surface area contributed by atoms with Crippen molar-refractivity contribution in [1.29, 1.82) is 0 Å². The summed E-state index contributed by atoms with van der Waals surface area (Å²) in [7, 11) is 0. The van der Waals surface area contributed by atoms with E-state index in [9.17, 15) is 4.79 Å². The summed E-state index contributed by atoms with van der Waals surface area (Å²) in [6.45, 7) is 3.37. The van der Waals surface area contributed by atoms with E-state index in [4.69, 9.17) is 4.74 Å². The Bertz CT molecular complexity index is 852. The number of ether oxygens (including phenoxy) is 1. The molecule has 152 valence electrons. The minimum Gasteiger partial charge on any atom is -0.378 e. The van der Waals surface area contributed by atoms with Crippen LogP contribution in [0.4, 0.5) is 5.69 Å². The third-order valence-corrected chi connectivity index (χ3v) is 7.01. The molecule has 29 heavy (non-hydrogen) atoms. The molecule has 0 aliphatic carbocycles. The lowest BCUT2D eigenvalue weighted by molar-refractivity contribution is 0.0931. The van der Waals surface area contributed by atoms with E-state index in [1.807, 2.05) is 30.5 Å². The van der Waals surface area contributed by atoms with Gasteiger partial charge in [0.05, 0.1) is 25.1 Å². The Morgan fingerprint density at radius 2 is 1.97 bits per heavy atom. The minimum absolute atomic E-state index is 0.0221. The van der Waals surface area contributed by atoms with Crippen molar-refractivity contribution >= 4 is 23.4 Å². The molecule has 1 aromatic carbocycles. The van der Waals surface area contributed by atoms with Crippen molar-refractivity contribution in [3.63, 3.8) is 0 Å². The summed E-state index contributed by atoms with van der Waals surface area (Å²) in [5, 5.41) is 7.71. The topological polar surface area (TPSA) is 66.5 Å². The Labute approximate surface area is 175 Å². The van der Waals surface area contributed by atoms with Crippen LogP contribution in [-0.4, -0.2) is 55.3 Å². The maximum atomic E-state index is 12.6. The van der Waals surface area contributed by atoms with Crippen LogP contribution in [0.1, 0.15) is 29.6 Å². The number of hydrogen-bond acceptors (Lipinski definition) is 6. The molecule has 0 radical (unpaired) electrons. The first kappa shape index (κ1) is 18.9. The number of carbonyl (C=O) groups is 1. The van der Waals surface area contributed by atoms with E-state index in [0.717, 1.165) is 48.3 Å². The molecule has 2 aromatic rings. The first-order valence-corrected chi connectivity index (χ1v) is 11.2. The van der Waals surface area contributed by atoms with Gasteiger partial charge in [-0.15, -0.1) is 0 Å². The van der Waals surface area contributed by atoms with Gasteiger partial charge in [0, 0.05) is 41.7 Å². The third kappa shape index (κ3) is 4.27. The van der Waals surface area contributed by atoms with Crippen LogP contribution in [0.25, 0.3) is 0 Å². The van der Waals surface area contributed by atoms with Crippen molar-refractivity contribution in [3.8, 4) is 0 Å². The lowest BCUT2D eigenvalue weighted by atomic mass is 9.95. The van der Waals surface area contributed by atoms with Crippen molar-refractivity contribution in [2.45, 2.75) is 47.3 Å². The lowest BCUT2D eigenvalue weighted by Gasteiger charge is -2.28. The smallest absolute Gasteiger partial charge is 0.251 e. The van der Waals surface area contributed by atoms with Gasteiger partial charge in [0.2, 0.25) is 0 Å². The summed E-state index contributed by atoms with van der Waals surface area (Å²) in [4.78, 5) is 20.5. The fraction of sp³-hybridized carbons (Fsp3) is 0.455. The molecule has 3 atom stereocenters. The molecule has 6 nitrogen and oxygen atoms in total. The molecule has 3 aliphatic heterocycles. The molecule has 3 aliphatic rings. The molecule has 3 fully saturated rings. The summed E-state index contributed by atoms with van der Waals surface area (Å²) < 4.78 is 5.40. The van der Waals surface area contributed by atoms with Crippen LogP contribution in [0, 0.1) is 0 Å². The van der Waals surface area contributed by atoms with Crippen LogP contribution in [0.3, 0.4) is 0 Å². The zero-order valence-electron chi connectivity index (χ0n) is 16.3. The van der Waals surface area contributed by atoms with Crippen LogP contribution in [-0.2, 0) is 4.74 Å². The number of pyridine rings is 1. The molecule has 0 unspecified atom stereocenters. The van der Waals surface area contributed by atoms with Crippen LogP contribution >= 0.6 is 11.8 Å². The quantitative estimate of drug-likeness (QED) is 0.790. The van der Waals surface area contributed by atoms with Gasteiger partial charge in [0.25, 0.3) is 5.91 Å². The highest BCUT2D eigenvalue weighted by molar-refractivity contribution is 7.99. The maximum absolute atomic E-state index is 12.6. The van der Waals surface area contributed by atoms with Crippen molar-refractivity contribution in [3.05, 3.63) is 48.2 Å². The zero-order chi connectivity index (χ0) is 19.6. The van der Waals surface area contributed by atoms with Gasteiger partial charge in [-0.25, -0.2) is 4.98 Å². The molecule has 1 amide bonds. The zero-order valence-corrected chi connectivity index (χ0v) is 17.2. The first-order valence-electron chi connectivity index (χ1n) is 10.4. The molecule has 4 heterocycles. The van der Waals surface area contributed by atoms with Gasteiger partial charge in [-0.3, -0.25) is 4.79 Å². The summed E-state index contributed by atoms with van der Waals surface area (Å²) in [6, 6.07) is 13.3. The molecule has 7 heteroatoms. The van der Waals surface area contributed by atoms with Gasteiger partial charge >= 0.3 is 0 Å². The highest BCUT2D eigenvalue weighted by Crippen LogP contribution is 2.29. The molecular formula is C22H26N4O2S. The highest BCUT2D eigenvalue weighted by atomic mass is 32.2. The second kappa shape index (κ2) is 8.34. The number of amides is 1. The fourth-order valence-corrected chi connectivity index (χ4v) is 5.23. The number of nitrogens with one attached hydrogen (secondary N) is 2. The second-order valence-electron chi connectivity index (χ2n) is 7.94. The second-order valence-corrected chi connectivity index (χ2v) is 9.04. The van der Waals surface area contributed by atoms with Gasteiger partial charge in [-0.2, -0.15) is 0 Å². The Morgan fingerprint density at radius 1 is 1.14 bits per heavy atom. The molecule has 0 saturated carbocycles. The molecule has 3 saturated heterocycles. The summed E-state index contributed by atoms with van der Waals surface area (Å²) >= 11 is 1.61. The summed E-state index contributed by atoms with van der Waals surface area (Å²) in [5.74, 6) is 0.0221. The molecule has 2 N–H and O–H groups in total. The Kier molecular flexibility index (Phi) is 5.44. The standard InChI is InChI=1S/C22H26N4O2S/c27-22(25-20-13-16-3-7-19(20)24-16)15-1-5-18(6-2-15)29-21-8-4-17(14-23-21)26-9-11-28-12-10-26/h1-2,4-6,8,14,16,19-20,24H,3,7,9-13H2,(H,25,27)/t16-,19+,20-/m1/s1. The number of rotatable bonds is 5. The Morgan fingerprint density at radius 3 is 2.62 bits per heavy atom. The van der Waals surface area contributed by atoms with Crippen molar-refractivity contribution in [1.82, 2.24) is 15.6 Å². The van der Waals surface area contributed by atoms with Gasteiger partial charge in [-0.1, -0.05) is 11.8 Å². The number of aromatic nitrogens is 1. The van der Waals surface area contributed by atoms with Crippen LogP contribution < -0.4 is 15.5 Å². The number of hydrogen-bond donors (Lipinski definition) is 2. The van der Waals surface area contributed by atoms with E-state index in [-0.39, 0.29) is 11.9 Å². The number of morpholine rings is 1. The average Bonchev–Trinajstić information content (AvgIpc) is 3.39. The molecule has 5 rings (SSSR count). The van der Waals surface area contributed by atoms with Gasteiger partial charge < -0.3 is 20.3 Å². The van der Waals surface area contributed by atoms with Crippen molar-refractivity contribution in [2.24, 2.45) is 0 Å². The molecule has 0 spiro atoms. The summed E-state index contributed by atoms with van der Waals surface area (Å²) in [5.41, 5.74) is 1.85. The van der Waals surface area contributed by atoms with Crippen molar-refractivity contribution in [2.75, 3.05) is 31.2 Å². The van der Waals surface area contributed by atoms with Crippen LogP contribution in [0.2, 0.25) is 0 Å². The Balaban J connectivity index is 1.17. The van der Waals surface area contributed by atoms with Gasteiger partial charge in [0.15, 0.2) is 0 Å². The predicted octanol–water partition coefficient (Wildman–Crippen LogP) is 2.69. The number of anilines is 1. The minimum atomic E-state index is 0.0221. The maximum Gasteiger partial charge on any atom is 0.251 e. The van der Waals surface area contributed by atoms with E-state index < -0.39 is 0 Å². The fourth-order valence-electron chi connectivity index (χ4n) is 4.47. The highest BCUT2D eigenvalue weighted by Gasteiger charge is 2.39. The van der Waals surface area contributed by atoms with E-state index >= 15 is 0 Å². The molecule has 2 bridgehead atoms. The van der Waals surface area contributed by atoms with E-state index in [2.05, 4.69) is 32.7 Å². The SMILES string of the molecule is O=C(N[C@@H]1C[C@H]2CC[C@@H]1N2)c1ccc(Sc2ccc(N3CCOCC3)cn2)cc1. The number of benzene rings is 1. The van der Waals surface area contributed by atoms with E-state index in [0.29, 0.717) is 17.6 Å². The van der Waals surface area contributed by atoms with Crippen LogP contribution in [0.5, 0.6) is 0 Å². The van der Waals surface area contributed by atoms with Crippen LogP contribution in [0.15, 0.2) is 52.5 Å². The number of fused-ring (bicyclic) bond motifs is 2. The van der Waals surface area contributed by atoms with E-state index in [1.165, 1.54) is 12.8 Å². The van der Waals surface area contributed by atoms with Crippen molar-refractivity contribution < 1.29 is 9.53 Å². The third-order valence-electron chi connectivity index (χ3n) is 6.05. The molecular weight excluding hydrogens is 384 g/mol. The number of nitrogens with zero attached hydrogens (tertiary/aromatic N) is 2. The largest absolute Gasteiger partial charge is 0.378 e. The predicted molar refractivity (Wildman–Crippen MR) is 114 cm³/mol. The average molecular weight is 411 g/mol. The number of carbonyl (C=O) groups excluding carboxylic acids is 1. The van der Waals surface area contributed by atoms with Gasteiger partial charge in [-0.05, 0) is 55.7 Å². The monoisotopic (exact) mass is 410 g/mol.